The molecule has 0 aliphatic rings. The van der Waals surface area contributed by atoms with Gasteiger partial charge in [0.2, 0.25) is 0 Å². The van der Waals surface area contributed by atoms with Crippen LogP contribution < -0.4 is 4.31 Å². The van der Waals surface area contributed by atoms with Crippen molar-refractivity contribution in [3.05, 3.63) is 36.8 Å². The summed E-state index contributed by atoms with van der Waals surface area (Å²) < 4.78 is 25.9. The van der Waals surface area contributed by atoms with Gasteiger partial charge in [-0.05, 0) is 24.6 Å². The summed E-state index contributed by atoms with van der Waals surface area (Å²) in [6.07, 6.45) is 0. The van der Waals surface area contributed by atoms with Crippen molar-refractivity contribution in [3.63, 3.8) is 0 Å². The molecule has 4 nitrogen and oxygen atoms in total. The predicted molar refractivity (Wildman–Crippen MR) is 61.9 cm³/mol. The molecule has 1 radical (unpaired) electrons. The second-order valence-corrected chi connectivity index (χ2v) is 5.60. The number of nitrogens with zero attached hydrogens (tertiary/aromatic N) is 2. The van der Waals surface area contributed by atoms with Crippen molar-refractivity contribution in [2.24, 2.45) is 0 Å². The largest absolute Gasteiger partial charge is 0.303 e. The van der Waals surface area contributed by atoms with E-state index < -0.39 is 10.2 Å². The van der Waals surface area contributed by atoms with E-state index in [1.165, 1.54) is 29.8 Å². The molecule has 0 atom stereocenters. The van der Waals surface area contributed by atoms with E-state index in [0.717, 1.165) is 5.56 Å². The topological polar surface area (TPSA) is 40.6 Å². The highest BCUT2D eigenvalue weighted by atomic mass is 32.2. The highest BCUT2D eigenvalue weighted by Gasteiger charge is 2.20. The minimum atomic E-state index is -3.40. The molecule has 0 N–H and O–H groups in total. The number of anilines is 1. The van der Waals surface area contributed by atoms with Crippen molar-refractivity contribution in [2.45, 2.75) is 0 Å². The number of hydrogen-bond acceptors (Lipinski definition) is 2. The fraction of sp³-hybridized carbons (Fsp3) is 0.300. The number of benzene rings is 1. The SMILES string of the molecule is [CH2]c1ccc(N(C)S(=O)(=O)N(C)C)cc1. The lowest BCUT2D eigenvalue weighted by atomic mass is 10.2. The molecule has 1 aromatic rings. The monoisotopic (exact) mass is 227 g/mol. The van der Waals surface area contributed by atoms with Crippen LogP contribution in [0.3, 0.4) is 0 Å². The molecular formula is C10H15N2O2S. The van der Waals surface area contributed by atoms with Crippen molar-refractivity contribution < 1.29 is 8.42 Å². The number of rotatable bonds is 3. The van der Waals surface area contributed by atoms with Gasteiger partial charge in [-0.15, -0.1) is 0 Å². The third-order valence-electron chi connectivity index (χ3n) is 2.11. The molecule has 0 aromatic heterocycles. The maximum atomic E-state index is 11.8. The first-order valence-corrected chi connectivity index (χ1v) is 5.84. The molecule has 0 fully saturated rings. The summed E-state index contributed by atoms with van der Waals surface area (Å²) in [6.45, 7) is 3.74. The van der Waals surface area contributed by atoms with E-state index >= 15 is 0 Å². The fourth-order valence-corrected chi connectivity index (χ4v) is 1.96. The van der Waals surface area contributed by atoms with Crippen LogP contribution in [-0.2, 0) is 10.2 Å². The quantitative estimate of drug-likeness (QED) is 0.776. The number of hydrogen-bond donors (Lipinski definition) is 0. The molecular weight excluding hydrogens is 212 g/mol. The van der Waals surface area contributed by atoms with Crippen LogP contribution in [-0.4, -0.2) is 33.9 Å². The Bertz CT molecular complexity index is 423. The molecule has 0 saturated carbocycles. The summed E-state index contributed by atoms with van der Waals surface area (Å²) >= 11 is 0. The van der Waals surface area contributed by atoms with Crippen molar-refractivity contribution >= 4 is 15.9 Å². The molecule has 1 aromatic carbocycles. The molecule has 0 saturated heterocycles. The van der Waals surface area contributed by atoms with Crippen LogP contribution >= 0.6 is 0 Å². The fourth-order valence-electron chi connectivity index (χ4n) is 1.08. The first kappa shape index (κ1) is 12.0. The average Bonchev–Trinajstić information content (AvgIpc) is 2.17. The van der Waals surface area contributed by atoms with Crippen LogP contribution in [0.2, 0.25) is 0 Å². The Morgan fingerprint density at radius 2 is 1.53 bits per heavy atom. The van der Waals surface area contributed by atoms with Crippen molar-refractivity contribution in [1.82, 2.24) is 4.31 Å². The molecule has 5 heteroatoms. The summed E-state index contributed by atoms with van der Waals surface area (Å²) in [5, 5.41) is 0. The van der Waals surface area contributed by atoms with E-state index in [1.54, 1.807) is 24.3 Å². The molecule has 0 aliphatic carbocycles. The zero-order valence-corrected chi connectivity index (χ0v) is 9.95. The maximum absolute atomic E-state index is 11.8. The van der Waals surface area contributed by atoms with Gasteiger partial charge >= 0.3 is 10.2 Å². The Morgan fingerprint density at radius 1 is 1.07 bits per heavy atom. The lowest BCUT2D eigenvalue weighted by molar-refractivity contribution is 0.519. The van der Waals surface area contributed by atoms with Crippen molar-refractivity contribution in [3.8, 4) is 0 Å². The molecule has 1 rings (SSSR count). The molecule has 0 aliphatic heterocycles. The normalized spacial score (nSPS) is 11.8. The maximum Gasteiger partial charge on any atom is 0.303 e. The van der Waals surface area contributed by atoms with E-state index in [1.807, 2.05) is 0 Å². The van der Waals surface area contributed by atoms with Gasteiger partial charge in [0.05, 0.1) is 5.69 Å². The van der Waals surface area contributed by atoms with Gasteiger partial charge in [-0.1, -0.05) is 12.1 Å². The highest BCUT2D eigenvalue weighted by molar-refractivity contribution is 7.90. The first-order valence-electron chi connectivity index (χ1n) is 4.44. The Labute approximate surface area is 91.3 Å². The summed E-state index contributed by atoms with van der Waals surface area (Å²) in [6, 6.07) is 7.00. The van der Waals surface area contributed by atoms with Crippen LogP contribution in [0.1, 0.15) is 5.56 Å². The molecule has 0 unspecified atom stereocenters. The third kappa shape index (κ3) is 2.49. The Balaban J connectivity index is 3.05. The van der Waals surface area contributed by atoms with Crippen LogP contribution in [0.25, 0.3) is 0 Å². The average molecular weight is 227 g/mol. The summed E-state index contributed by atoms with van der Waals surface area (Å²) in [7, 11) is 1.13. The molecule has 0 bridgehead atoms. The highest BCUT2D eigenvalue weighted by Crippen LogP contribution is 2.17. The standard InChI is InChI=1S/C10H15N2O2S/c1-9-5-7-10(8-6-9)12(4)15(13,14)11(2)3/h5-8H,1H2,2-4H3. The van der Waals surface area contributed by atoms with E-state index in [0.29, 0.717) is 5.69 Å². The smallest absolute Gasteiger partial charge is 0.261 e. The zero-order valence-electron chi connectivity index (χ0n) is 9.14. The van der Waals surface area contributed by atoms with Gasteiger partial charge in [0.1, 0.15) is 0 Å². The predicted octanol–water partition coefficient (Wildman–Crippen LogP) is 1.11. The minimum absolute atomic E-state index is 0.621. The first-order chi connectivity index (χ1) is 6.85. The van der Waals surface area contributed by atoms with Gasteiger partial charge in [-0.2, -0.15) is 12.7 Å². The van der Waals surface area contributed by atoms with Crippen LogP contribution in [0, 0.1) is 6.92 Å². The van der Waals surface area contributed by atoms with Crippen LogP contribution in [0.5, 0.6) is 0 Å². The summed E-state index contributed by atoms with van der Waals surface area (Å²) in [5.41, 5.74) is 1.48. The van der Waals surface area contributed by atoms with E-state index in [2.05, 4.69) is 6.92 Å². The second-order valence-electron chi connectivity index (χ2n) is 3.42. The summed E-state index contributed by atoms with van der Waals surface area (Å²) in [5.74, 6) is 0. The third-order valence-corrected chi connectivity index (χ3v) is 3.93. The Morgan fingerprint density at radius 3 is 1.93 bits per heavy atom. The minimum Gasteiger partial charge on any atom is -0.261 e. The molecule has 0 heterocycles. The van der Waals surface area contributed by atoms with Gasteiger partial charge in [-0.3, -0.25) is 4.31 Å². The van der Waals surface area contributed by atoms with Crippen LogP contribution in [0.15, 0.2) is 24.3 Å². The second kappa shape index (κ2) is 4.20. The van der Waals surface area contributed by atoms with E-state index in [9.17, 15) is 8.42 Å². The van der Waals surface area contributed by atoms with Crippen LogP contribution in [0.4, 0.5) is 5.69 Å². The Hall–Kier alpha value is -1.07. The van der Waals surface area contributed by atoms with E-state index in [4.69, 9.17) is 0 Å². The molecule has 0 spiro atoms. The van der Waals surface area contributed by atoms with Crippen molar-refractivity contribution in [1.29, 1.82) is 0 Å². The van der Waals surface area contributed by atoms with Gasteiger partial charge in [-0.25, -0.2) is 0 Å². The zero-order chi connectivity index (χ0) is 11.6. The van der Waals surface area contributed by atoms with Gasteiger partial charge < -0.3 is 0 Å². The lowest BCUT2D eigenvalue weighted by Gasteiger charge is -2.23. The summed E-state index contributed by atoms with van der Waals surface area (Å²) in [4.78, 5) is 0. The Kier molecular flexibility index (Phi) is 3.36. The lowest BCUT2D eigenvalue weighted by Crippen LogP contribution is -2.37. The molecule has 0 amide bonds. The molecule has 83 valence electrons. The van der Waals surface area contributed by atoms with Gasteiger partial charge in [0.25, 0.3) is 0 Å². The molecule has 15 heavy (non-hydrogen) atoms. The van der Waals surface area contributed by atoms with Gasteiger partial charge in [0, 0.05) is 21.1 Å². The van der Waals surface area contributed by atoms with Gasteiger partial charge in [0.15, 0.2) is 0 Å². The van der Waals surface area contributed by atoms with Crippen molar-refractivity contribution in [2.75, 3.05) is 25.4 Å². The van der Waals surface area contributed by atoms with E-state index in [-0.39, 0.29) is 0 Å².